The second kappa shape index (κ2) is 10.3. The van der Waals surface area contributed by atoms with E-state index in [2.05, 4.69) is 26.8 Å². The molecule has 6 nitrogen and oxygen atoms in total. The number of rotatable bonds is 7. The average molecular weight is 485 g/mol. The van der Waals surface area contributed by atoms with Crippen molar-refractivity contribution in [3.05, 3.63) is 70.7 Å². The molecule has 3 rings (SSSR count). The first-order valence-corrected chi connectivity index (χ1v) is 10.8. The number of hydrogen-bond acceptors (Lipinski definition) is 4. The Morgan fingerprint density at radius 1 is 0.935 bits per heavy atom. The Balaban J connectivity index is 1.60. The van der Waals surface area contributed by atoms with Gasteiger partial charge < -0.3 is 9.47 Å². The summed E-state index contributed by atoms with van der Waals surface area (Å²) >= 11 is 3.36. The van der Waals surface area contributed by atoms with Gasteiger partial charge in [-0.2, -0.15) is 0 Å². The van der Waals surface area contributed by atoms with Gasteiger partial charge in [0.1, 0.15) is 11.5 Å². The molecule has 3 aromatic carbocycles. The van der Waals surface area contributed by atoms with Crippen LogP contribution in [0.2, 0.25) is 0 Å². The third-order valence-corrected chi connectivity index (χ3v) is 4.95. The van der Waals surface area contributed by atoms with Crippen LogP contribution >= 0.6 is 15.9 Å². The topological polar surface area (TPSA) is 76.7 Å². The molecule has 2 amide bonds. The van der Waals surface area contributed by atoms with Crippen LogP contribution in [0.5, 0.6) is 11.5 Å². The van der Waals surface area contributed by atoms with Crippen molar-refractivity contribution in [1.29, 1.82) is 0 Å². The van der Waals surface area contributed by atoms with Gasteiger partial charge >= 0.3 is 0 Å². The molecule has 0 saturated heterocycles. The molecule has 0 radical (unpaired) electrons. The number of ether oxygens (including phenoxy) is 2. The summed E-state index contributed by atoms with van der Waals surface area (Å²) < 4.78 is 12.2. The van der Waals surface area contributed by atoms with Crippen molar-refractivity contribution in [1.82, 2.24) is 10.9 Å². The number of nitrogens with one attached hydrogen (secondary N) is 2. The molecule has 3 aromatic rings. The van der Waals surface area contributed by atoms with Gasteiger partial charge in [0.05, 0.1) is 12.2 Å². The van der Waals surface area contributed by atoms with Crippen molar-refractivity contribution in [2.24, 2.45) is 5.92 Å². The molecule has 0 saturated carbocycles. The van der Waals surface area contributed by atoms with E-state index in [9.17, 15) is 9.59 Å². The molecule has 0 fully saturated rings. The number of carbonyl (C=O) groups is 2. The molecule has 0 aliphatic heterocycles. The zero-order valence-corrected chi connectivity index (χ0v) is 19.2. The number of hydrogen-bond donors (Lipinski definition) is 2. The minimum Gasteiger partial charge on any atom is -0.492 e. The van der Waals surface area contributed by atoms with Crippen LogP contribution in [0.3, 0.4) is 0 Å². The minimum atomic E-state index is -0.805. The molecule has 7 heteroatoms. The smallest absolute Gasteiger partial charge is 0.279 e. The van der Waals surface area contributed by atoms with E-state index in [0.717, 1.165) is 15.2 Å². The zero-order valence-electron chi connectivity index (χ0n) is 17.6. The van der Waals surface area contributed by atoms with Crippen LogP contribution in [-0.4, -0.2) is 24.5 Å². The summed E-state index contributed by atoms with van der Waals surface area (Å²) in [6.45, 7) is 6.14. The van der Waals surface area contributed by atoms with Gasteiger partial charge in [-0.05, 0) is 53.9 Å². The van der Waals surface area contributed by atoms with Gasteiger partial charge in [0.2, 0.25) is 0 Å². The van der Waals surface area contributed by atoms with Crippen molar-refractivity contribution in [3.63, 3.8) is 0 Å². The van der Waals surface area contributed by atoms with E-state index in [0.29, 0.717) is 29.6 Å². The highest BCUT2D eigenvalue weighted by atomic mass is 79.9. The standard InChI is InChI=1S/C24H25BrN2O4/c1-15(2)14-30-22-11-9-19(25)13-21(22)24(29)27-26-23(28)16(3)31-20-10-8-17-6-4-5-7-18(17)12-20/h4-13,15-16H,14H2,1-3H3,(H,26,28)(H,27,29). The monoisotopic (exact) mass is 484 g/mol. The molecule has 1 atom stereocenters. The maximum Gasteiger partial charge on any atom is 0.279 e. The fourth-order valence-electron chi connectivity index (χ4n) is 2.85. The molecule has 1 unspecified atom stereocenters. The summed E-state index contributed by atoms with van der Waals surface area (Å²) in [6, 6.07) is 18.7. The van der Waals surface area contributed by atoms with Crippen molar-refractivity contribution in [2.45, 2.75) is 26.9 Å². The maximum absolute atomic E-state index is 12.6. The molecular formula is C24H25BrN2O4. The van der Waals surface area contributed by atoms with E-state index in [4.69, 9.17) is 9.47 Å². The van der Waals surface area contributed by atoms with E-state index in [1.807, 2.05) is 56.3 Å². The number of halogens is 1. The maximum atomic E-state index is 12.6. The molecule has 0 aliphatic rings. The van der Waals surface area contributed by atoms with Crippen LogP contribution in [0.1, 0.15) is 31.1 Å². The van der Waals surface area contributed by atoms with Crippen LogP contribution in [-0.2, 0) is 4.79 Å². The number of carbonyl (C=O) groups excluding carboxylic acids is 2. The lowest BCUT2D eigenvalue weighted by molar-refractivity contribution is -0.128. The van der Waals surface area contributed by atoms with E-state index in [1.165, 1.54) is 0 Å². The molecule has 0 spiro atoms. The highest BCUT2D eigenvalue weighted by Gasteiger charge is 2.18. The number of hydrazine groups is 1. The Labute approximate surface area is 190 Å². The second-order valence-electron chi connectivity index (χ2n) is 7.56. The quantitative estimate of drug-likeness (QED) is 0.469. The van der Waals surface area contributed by atoms with Gasteiger partial charge in [0.25, 0.3) is 11.8 Å². The van der Waals surface area contributed by atoms with E-state index in [1.54, 1.807) is 25.1 Å². The Bertz CT molecular complexity index is 1080. The van der Waals surface area contributed by atoms with E-state index in [-0.39, 0.29) is 0 Å². The Morgan fingerprint density at radius 2 is 1.68 bits per heavy atom. The predicted molar refractivity (Wildman–Crippen MR) is 124 cm³/mol. The lowest BCUT2D eigenvalue weighted by Gasteiger charge is -2.17. The number of benzene rings is 3. The minimum absolute atomic E-state index is 0.312. The Kier molecular flexibility index (Phi) is 7.52. The Hall–Kier alpha value is -3.06. The molecule has 0 heterocycles. The van der Waals surface area contributed by atoms with E-state index >= 15 is 0 Å². The van der Waals surface area contributed by atoms with Gasteiger partial charge in [-0.25, -0.2) is 0 Å². The molecule has 0 bridgehead atoms. The largest absolute Gasteiger partial charge is 0.492 e. The highest BCUT2D eigenvalue weighted by Crippen LogP contribution is 2.24. The summed E-state index contributed by atoms with van der Waals surface area (Å²) in [5, 5.41) is 2.10. The first-order valence-electron chi connectivity index (χ1n) is 10.0. The van der Waals surface area contributed by atoms with Gasteiger partial charge in [-0.3, -0.25) is 20.4 Å². The van der Waals surface area contributed by atoms with Crippen LogP contribution in [0, 0.1) is 5.92 Å². The first kappa shape index (κ1) is 22.6. The Morgan fingerprint density at radius 3 is 2.42 bits per heavy atom. The lowest BCUT2D eigenvalue weighted by atomic mass is 10.1. The third-order valence-electron chi connectivity index (χ3n) is 4.46. The summed E-state index contributed by atoms with van der Waals surface area (Å²) in [6.07, 6.45) is -0.805. The van der Waals surface area contributed by atoms with Crippen LogP contribution < -0.4 is 20.3 Å². The molecule has 2 N–H and O–H groups in total. The average Bonchev–Trinajstić information content (AvgIpc) is 2.76. The lowest BCUT2D eigenvalue weighted by Crippen LogP contribution is -2.47. The van der Waals surface area contributed by atoms with Gasteiger partial charge in [0.15, 0.2) is 6.10 Å². The van der Waals surface area contributed by atoms with Crippen molar-refractivity contribution >= 4 is 38.5 Å². The summed E-state index contributed by atoms with van der Waals surface area (Å²) in [5.74, 6) is 0.382. The van der Waals surface area contributed by atoms with Crippen molar-refractivity contribution in [3.8, 4) is 11.5 Å². The van der Waals surface area contributed by atoms with Gasteiger partial charge in [0, 0.05) is 4.47 Å². The van der Waals surface area contributed by atoms with Crippen LogP contribution in [0.25, 0.3) is 10.8 Å². The fourth-order valence-corrected chi connectivity index (χ4v) is 3.21. The molecule has 162 valence electrons. The summed E-state index contributed by atoms with van der Waals surface area (Å²) in [5.41, 5.74) is 5.16. The zero-order chi connectivity index (χ0) is 22.4. The first-order chi connectivity index (χ1) is 14.8. The molecule has 0 aliphatic carbocycles. The fraction of sp³-hybridized carbons (Fsp3) is 0.250. The third kappa shape index (κ3) is 6.21. The van der Waals surface area contributed by atoms with Gasteiger partial charge in [-0.15, -0.1) is 0 Å². The van der Waals surface area contributed by atoms with E-state index < -0.39 is 17.9 Å². The normalized spacial score (nSPS) is 11.8. The SMILES string of the molecule is CC(C)COc1ccc(Br)cc1C(=O)NNC(=O)C(C)Oc1ccc2ccccc2c1. The van der Waals surface area contributed by atoms with Gasteiger partial charge in [-0.1, -0.05) is 60.1 Å². The van der Waals surface area contributed by atoms with Crippen molar-refractivity contribution < 1.29 is 19.1 Å². The number of fused-ring (bicyclic) bond motifs is 1. The second-order valence-corrected chi connectivity index (χ2v) is 8.47. The molecule has 31 heavy (non-hydrogen) atoms. The van der Waals surface area contributed by atoms with Crippen LogP contribution in [0.15, 0.2) is 65.1 Å². The van der Waals surface area contributed by atoms with Crippen molar-refractivity contribution in [2.75, 3.05) is 6.61 Å². The number of amides is 2. The highest BCUT2D eigenvalue weighted by molar-refractivity contribution is 9.10. The van der Waals surface area contributed by atoms with Crippen LogP contribution in [0.4, 0.5) is 0 Å². The predicted octanol–water partition coefficient (Wildman–Crippen LogP) is 4.87. The summed E-state index contributed by atoms with van der Waals surface area (Å²) in [7, 11) is 0. The molecular weight excluding hydrogens is 460 g/mol. The molecule has 0 aromatic heterocycles. The summed E-state index contributed by atoms with van der Waals surface area (Å²) in [4.78, 5) is 25.0.